The van der Waals surface area contributed by atoms with Crippen LogP contribution in [0.25, 0.3) is 0 Å². The molecule has 2 atom stereocenters. The van der Waals surface area contributed by atoms with E-state index in [1.54, 1.807) is 24.3 Å². The molecule has 2 N–H and O–H groups in total. The highest BCUT2D eigenvalue weighted by Gasteiger charge is 2.51. The Kier molecular flexibility index (Phi) is 5.00. The Labute approximate surface area is 183 Å². The second-order valence-corrected chi connectivity index (χ2v) is 12.0. The van der Waals surface area contributed by atoms with E-state index in [-0.39, 0.29) is 44.3 Å². The van der Waals surface area contributed by atoms with Gasteiger partial charge in [-0.05, 0) is 72.2 Å². The molecule has 4 rings (SSSR count). The number of carbonyl (C=O) groups is 2. The number of amides is 2. The summed E-state index contributed by atoms with van der Waals surface area (Å²) >= 11 is 0. The SMILES string of the molecule is CC1(C)CC1C(=O)Nc1ccc(S(=O)(=O)c2ccc(NC(=O)C3CC3(C)C)cc2)cc1. The highest BCUT2D eigenvalue weighted by molar-refractivity contribution is 7.91. The van der Waals surface area contributed by atoms with Crippen molar-refractivity contribution in [3.63, 3.8) is 0 Å². The summed E-state index contributed by atoms with van der Waals surface area (Å²) in [6.45, 7) is 8.21. The average molecular weight is 441 g/mol. The first-order valence-electron chi connectivity index (χ1n) is 10.5. The van der Waals surface area contributed by atoms with Crippen LogP contribution in [0.5, 0.6) is 0 Å². The lowest BCUT2D eigenvalue weighted by atomic mass is 10.1. The van der Waals surface area contributed by atoms with E-state index in [1.807, 2.05) is 0 Å². The van der Waals surface area contributed by atoms with Crippen LogP contribution < -0.4 is 10.6 Å². The summed E-state index contributed by atoms with van der Waals surface area (Å²) in [5, 5.41) is 5.70. The molecule has 0 radical (unpaired) electrons. The topological polar surface area (TPSA) is 92.3 Å². The van der Waals surface area contributed by atoms with Crippen LogP contribution in [-0.2, 0) is 19.4 Å². The van der Waals surface area contributed by atoms with Gasteiger partial charge in [-0.1, -0.05) is 27.7 Å². The molecule has 0 aromatic heterocycles. The Bertz CT molecular complexity index is 1050. The van der Waals surface area contributed by atoms with Crippen LogP contribution >= 0.6 is 0 Å². The van der Waals surface area contributed by atoms with Crippen molar-refractivity contribution in [1.82, 2.24) is 0 Å². The number of sulfone groups is 1. The van der Waals surface area contributed by atoms with Gasteiger partial charge < -0.3 is 10.6 Å². The number of carbonyl (C=O) groups excluding carboxylic acids is 2. The van der Waals surface area contributed by atoms with Crippen LogP contribution in [0.3, 0.4) is 0 Å². The standard InChI is InChI=1S/C24H28N2O4S/c1-23(2)13-19(23)21(27)25-15-5-9-17(10-6-15)31(29,30)18-11-7-16(8-12-18)26-22(28)20-14-24(20,3)4/h5-12,19-20H,13-14H2,1-4H3,(H,25,27)(H,26,28). The second-order valence-electron chi connectivity index (χ2n) is 10.0. The Balaban J connectivity index is 1.42. The smallest absolute Gasteiger partial charge is 0.228 e. The molecular formula is C24H28N2O4S. The van der Waals surface area contributed by atoms with Crippen LogP contribution in [0.15, 0.2) is 58.3 Å². The maximum atomic E-state index is 12.9. The molecule has 0 spiro atoms. The lowest BCUT2D eigenvalue weighted by molar-refractivity contribution is -0.118. The van der Waals surface area contributed by atoms with E-state index < -0.39 is 9.84 Å². The van der Waals surface area contributed by atoms with Crippen LogP contribution in [0.4, 0.5) is 11.4 Å². The van der Waals surface area contributed by atoms with Crippen LogP contribution in [-0.4, -0.2) is 20.2 Å². The summed E-state index contributed by atoms with van der Waals surface area (Å²) in [5.74, 6) is -0.0672. The van der Waals surface area contributed by atoms with Crippen molar-refractivity contribution in [3.8, 4) is 0 Å². The molecule has 2 saturated carbocycles. The van der Waals surface area contributed by atoms with Gasteiger partial charge in [0.1, 0.15) is 0 Å². The molecule has 31 heavy (non-hydrogen) atoms. The van der Waals surface area contributed by atoms with E-state index in [2.05, 4.69) is 38.3 Å². The number of benzene rings is 2. The van der Waals surface area contributed by atoms with Crippen molar-refractivity contribution in [1.29, 1.82) is 0 Å². The highest BCUT2D eigenvalue weighted by atomic mass is 32.2. The summed E-state index contributed by atoms with van der Waals surface area (Å²) in [5.41, 5.74) is 1.22. The molecule has 7 heteroatoms. The van der Waals surface area contributed by atoms with Gasteiger partial charge in [0, 0.05) is 23.2 Å². The Morgan fingerprint density at radius 2 is 1.00 bits per heavy atom. The van der Waals surface area contributed by atoms with E-state index in [9.17, 15) is 18.0 Å². The number of anilines is 2. The maximum Gasteiger partial charge on any atom is 0.228 e. The summed E-state index contributed by atoms with van der Waals surface area (Å²) < 4.78 is 25.9. The summed E-state index contributed by atoms with van der Waals surface area (Å²) in [6, 6.07) is 12.4. The van der Waals surface area contributed by atoms with E-state index in [4.69, 9.17) is 0 Å². The number of hydrogen-bond donors (Lipinski definition) is 2. The summed E-state index contributed by atoms with van der Waals surface area (Å²) in [4.78, 5) is 24.7. The Morgan fingerprint density at radius 1 is 0.710 bits per heavy atom. The number of nitrogens with one attached hydrogen (secondary N) is 2. The van der Waals surface area contributed by atoms with Crippen LogP contribution in [0, 0.1) is 22.7 Å². The maximum absolute atomic E-state index is 12.9. The molecule has 0 heterocycles. The first kappa shape index (κ1) is 21.6. The van der Waals surface area contributed by atoms with E-state index >= 15 is 0 Å². The predicted molar refractivity (Wildman–Crippen MR) is 119 cm³/mol. The quantitative estimate of drug-likeness (QED) is 0.692. The number of rotatable bonds is 6. The molecule has 0 aliphatic heterocycles. The molecule has 2 fully saturated rings. The van der Waals surface area contributed by atoms with Crippen LogP contribution in [0.2, 0.25) is 0 Å². The van der Waals surface area contributed by atoms with Crippen molar-refractivity contribution in [2.24, 2.45) is 22.7 Å². The molecule has 2 aliphatic rings. The van der Waals surface area contributed by atoms with Crippen molar-refractivity contribution in [3.05, 3.63) is 48.5 Å². The average Bonchev–Trinajstić information content (AvgIpc) is 3.56. The summed E-state index contributed by atoms with van der Waals surface area (Å²) in [7, 11) is -3.70. The van der Waals surface area contributed by atoms with Gasteiger partial charge in [0.25, 0.3) is 0 Å². The van der Waals surface area contributed by atoms with Gasteiger partial charge >= 0.3 is 0 Å². The zero-order valence-electron chi connectivity index (χ0n) is 18.2. The first-order chi connectivity index (χ1) is 14.4. The first-order valence-corrected chi connectivity index (χ1v) is 12.0. The molecule has 2 aromatic rings. The fourth-order valence-corrected chi connectivity index (χ4v) is 5.12. The molecular weight excluding hydrogens is 412 g/mol. The van der Waals surface area contributed by atoms with Gasteiger partial charge in [-0.25, -0.2) is 8.42 Å². The van der Waals surface area contributed by atoms with E-state index in [0.717, 1.165) is 12.8 Å². The minimum atomic E-state index is -3.70. The minimum Gasteiger partial charge on any atom is -0.326 e. The molecule has 0 saturated heterocycles. The largest absolute Gasteiger partial charge is 0.326 e. The predicted octanol–water partition coefficient (Wildman–Crippen LogP) is 4.49. The zero-order valence-corrected chi connectivity index (χ0v) is 19.0. The molecule has 2 unspecified atom stereocenters. The fraction of sp³-hybridized carbons (Fsp3) is 0.417. The molecule has 164 valence electrons. The normalized spacial score (nSPS) is 23.0. The molecule has 2 aromatic carbocycles. The Morgan fingerprint density at radius 3 is 1.26 bits per heavy atom. The lowest BCUT2D eigenvalue weighted by Crippen LogP contribution is -2.16. The van der Waals surface area contributed by atoms with Crippen LogP contribution in [0.1, 0.15) is 40.5 Å². The second kappa shape index (κ2) is 7.19. The highest BCUT2D eigenvalue weighted by Crippen LogP contribution is 2.52. The van der Waals surface area contributed by atoms with E-state index in [0.29, 0.717) is 11.4 Å². The van der Waals surface area contributed by atoms with Gasteiger partial charge in [0.2, 0.25) is 21.7 Å². The molecule has 2 amide bonds. The third-order valence-corrected chi connectivity index (χ3v) is 8.31. The van der Waals surface area contributed by atoms with Gasteiger partial charge in [-0.15, -0.1) is 0 Å². The van der Waals surface area contributed by atoms with Crippen molar-refractivity contribution >= 4 is 33.0 Å². The van der Waals surface area contributed by atoms with Gasteiger partial charge in [-0.2, -0.15) is 0 Å². The third-order valence-electron chi connectivity index (χ3n) is 6.52. The zero-order chi connectivity index (χ0) is 22.6. The van der Waals surface area contributed by atoms with Crippen molar-refractivity contribution in [2.45, 2.75) is 50.3 Å². The van der Waals surface area contributed by atoms with Crippen molar-refractivity contribution in [2.75, 3.05) is 10.6 Å². The van der Waals surface area contributed by atoms with Gasteiger partial charge in [0.05, 0.1) is 9.79 Å². The minimum absolute atomic E-state index is 0.000835. The Hall–Kier alpha value is -2.67. The number of hydrogen-bond acceptors (Lipinski definition) is 4. The van der Waals surface area contributed by atoms with Crippen molar-refractivity contribution < 1.29 is 18.0 Å². The summed E-state index contributed by atoms with van der Waals surface area (Å²) in [6.07, 6.45) is 1.72. The van der Waals surface area contributed by atoms with E-state index in [1.165, 1.54) is 24.3 Å². The molecule has 0 bridgehead atoms. The third kappa shape index (κ3) is 4.37. The molecule has 2 aliphatic carbocycles. The van der Waals surface area contributed by atoms with Gasteiger partial charge in [0.15, 0.2) is 0 Å². The van der Waals surface area contributed by atoms with Gasteiger partial charge in [-0.3, -0.25) is 9.59 Å². The lowest BCUT2D eigenvalue weighted by Gasteiger charge is -2.10. The fourth-order valence-electron chi connectivity index (χ4n) is 3.86. The monoisotopic (exact) mass is 440 g/mol. The molecule has 6 nitrogen and oxygen atoms in total.